The molecule has 0 bridgehead atoms. The Morgan fingerprint density at radius 2 is 1.82 bits per heavy atom. The van der Waals surface area contributed by atoms with Crippen LogP contribution in [0.15, 0.2) is 59.5 Å². The molecule has 2 atom stereocenters. The van der Waals surface area contributed by atoms with E-state index in [9.17, 15) is 18.0 Å². The number of benzene rings is 2. The van der Waals surface area contributed by atoms with Crippen LogP contribution < -0.4 is 10.6 Å². The van der Waals surface area contributed by atoms with Gasteiger partial charge in [0.25, 0.3) is 5.91 Å². The van der Waals surface area contributed by atoms with E-state index in [0.29, 0.717) is 22.2 Å². The highest BCUT2D eigenvalue weighted by Gasteiger charge is 2.32. The average molecular weight is 604 g/mol. The van der Waals surface area contributed by atoms with Gasteiger partial charge >= 0.3 is 0 Å². The van der Waals surface area contributed by atoms with E-state index >= 15 is 0 Å². The number of fused-ring (bicyclic) bond motifs is 1. The molecule has 2 fully saturated rings. The standard InChI is InChI=1S/C29H34ClN3O5S2/c30-22-10-12-24(13-11-22)40(36,37)33-14-15-38-23(19-33)18-31-28(34)25(16-20-6-2-1-3-7-20)32-29(35)27-17-21-8-4-5-9-26(21)39-27/h4-5,8-13,17,20,23,25H,1-3,6-7,14-16,18-19H2,(H,31,34)(H,32,35)/t23?,25-/m0/s1. The Balaban J connectivity index is 1.23. The Bertz CT molecular complexity index is 1400. The molecule has 1 aromatic heterocycles. The maximum absolute atomic E-state index is 13.4. The number of nitrogens with one attached hydrogen (secondary N) is 2. The number of amides is 2. The van der Waals surface area contributed by atoms with E-state index < -0.39 is 22.2 Å². The minimum absolute atomic E-state index is 0.118. The predicted octanol–water partition coefficient (Wildman–Crippen LogP) is 4.83. The fourth-order valence-corrected chi connectivity index (χ4v) is 7.99. The number of ether oxygens (including phenoxy) is 1. The van der Waals surface area contributed by atoms with Crippen LogP contribution in [0.25, 0.3) is 10.1 Å². The molecule has 2 aromatic carbocycles. The summed E-state index contributed by atoms with van der Waals surface area (Å²) in [6.45, 7) is 0.713. The molecular formula is C29H34ClN3O5S2. The fraction of sp³-hybridized carbons (Fsp3) is 0.448. The minimum atomic E-state index is -3.72. The summed E-state index contributed by atoms with van der Waals surface area (Å²) in [7, 11) is -3.72. The Morgan fingerprint density at radius 3 is 2.58 bits per heavy atom. The molecule has 1 saturated carbocycles. The van der Waals surface area contributed by atoms with Crippen molar-refractivity contribution in [3.05, 3.63) is 64.5 Å². The van der Waals surface area contributed by atoms with Crippen molar-refractivity contribution in [3.63, 3.8) is 0 Å². The topological polar surface area (TPSA) is 105 Å². The largest absolute Gasteiger partial charge is 0.374 e. The van der Waals surface area contributed by atoms with Gasteiger partial charge in [0, 0.05) is 29.4 Å². The number of carbonyl (C=O) groups is 2. The summed E-state index contributed by atoms with van der Waals surface area (Å²) in [5.41, 5.74) is 0. The third-order valence-corrected chi connectivity index (χ3v) is 10.9. The van der Waals surface area contributed by atoms with Crippen LogP contribution in [0.1, 0.15) is 48.2 Å². The summed E-state index contributed by atoms with van der Waals surface area (Å²) in [5.74, 6) is -0.161. The molecule has 3 aromatic rings. The lowest BCUT2D eigenvalue weighted by molar-refractivity contribution is -0.124. The molecule has 11 heteroatoms. The third kappa shape index (κ3) is 7.03. The number of thiophene rings is 1. The van der Waals surface area contributed by atoms with Crippen molar-refractivity contribution in [2.24, 2.45) is 5.92 Å². The zero-order valence-corrected chi connectivity index (χ0v) is 24.6. The summed E-state index contributed by atoms with van der Waals surface area (Å²) in [6, 6.07) is 15.1. The van der Waals surface area contributed by atoms with E-state index in [1.165, 1.54) is 34.2 Å². The molecule has 2 N–H and O–H groups in total. The quantitative estimate of drug-likeness (QED) is 0.365. The minimum Gasteiger partial charge on any atom is -0.374 e. The van der Waals surface area contributed by atoms with Gasteiger partial charge in [-0.25, -0.2) is 8.42 Å². The lowest BCUT2D eigenvalue weighted by atomic mass is 9.84. The number of sulfonamides is 1. The van der Waals surface area contributed by atoms with Crippen molar-refractivity contribution in [1.82, 2.24) is 14.9 Å². The number of halogens is 1. The number of hydrogen-bond donors (Lipinski definition) is 2. The summed E-state index contributed by atoms with van der Waals surface area (Å²) >= 11 is 7.33. The van der Waals surface area contributed by atoms with Crippen molar-refractivity contribution in [2.45, 2.75) is 55.6 Å². The zero-order valence-electron chi connectivity index (χ0n) is 22.2. The maximum Gasteiger partial charge on any atom is 0.262 e. The molecule has 0 spiro atoms. The van der Waals surface area contributed by atoms with Crippen LogP contribution >= 0.6 is 22.9 Å². The van der Waals surface area contributed by atoms with E-state index in [2.05, 4.69) is 10.6 Å². The first-order valence-electron chi connectivity index (χ1n) is 13.7. The molecule has 8 nitrogen and oxygen atoms in total. The number of carbonyl (C=O) groups excluding carboxylic acids is 2. The van der Waals surface area contributed by atoms with Crippen LogP contribution in [0.4, 0.5) is 0 Å². The van der Waals surface area contributed by atoms with Crippen LogP contribution in [0, 0.1) is 5.92 Å². The average Bonchev–Trinajstić information content (AvgIpc) is 3.41. The van der Waals surface area contributed by atoms with E-state index in [0.717, 1.165) is 35.8 Å². The lowest BCUT2D eigenvalue weighted by Crippen LogP contribution is -2.53. The monoisotopic (exact) mass is 603 g/mol. The van der Waals surface area contributed by atoms with Gasteiger partial charge in [0.15, 0.2) is 0 Å². The van der Waals surface area contributed by atoms with Gasteiger partial charge in [-0.1, -0.05) is 61.9 Å². The predicted molar refractivity (Wildman–Crippen MR) is 157 cm³/mol. The Hall–Kier alpha value is -2.50. The fourth-order valence-electron chi connectivity index (χ4n) is 5.44. The Kier molecular flexibility index (Phi) is 9.42. The van der Waals surface area contributed by atoms with E-state index in [1.54, 1.807) is 12.1 Å². The van der Waals surface area contributed by atoms with Crippen LogP contribution in [0.2, 0.25) is 5.02 Å². The second-order valence-electron chi connectivity index (χ2n) is 10.5. The third-order valence-electron chi connectivity index (χ3n) is 7.62. The smallest absolute Gasteiger partial charge is 0.262 e. The number of morpholine rings is 1. The second-order valence-corrected chi connectivity index (χ2v) is 13.9. The molecule has 1 saturated heterocycles. The summed E-state index contributed by atoms with van der Waals surface area (Å²) in [4.78, 5) is 27.3. The highest BCUT2D eigenvalue weighted by molar-refractivity contribution is 7.89. The van der Waals surface area contributed by atoms with E-state index in [4.69, 9.17) is 16.3 Å². The second kappa shape index (κ2) is 13.0. The molecule has 1 aliphatic carbocycles. The van der Waals surface area contributed by atoms with Crippen molar-refractivity contribution < 1.29 is 22.7 Å². The molecule has 5 rings (SSSR count). The van der Waals surface area contributed by atoms with Crippen molar-refractivity contribution >= 4 is 54.9 Å². The van der Waals surface area contributed by atoms with Gasteiger partial charge in [0.1, 0.15) is 6.04 Å². The first kappa shape index (κ1) is 29.0. The number of nitrogens with zero attached hydrogens (tertiary/aromatic N) is 1. The summed E-state index contributed by atoms with van der Waals surface area (Å²) in [6.07, 6.45) is 5.64. The molecule has 1 unspecified atom stereocenters. The molecule has 0 radical (unpaired) electrons. The number of hydrogen-bond acceptors (Lipinski definition) is 6. The van der Waals surface area contributed by atoms with Crippen LogP contribution in [0.5, 0.6) is 0 Å². The summed E-state index contributed by atoms with van der Waals surface area (Å²) in [5, 5.41) is 7.38. The van der Waals surface area contributed by atoms with Crippen LogP contribution in [-0.2, 0) is 19.6 Å². The highest BCUT2D eigenvalue weighted by Crippen LogP contribution is 2.29. The van der Waals surface area contributed by atoms with Gasteiger partial charge < -0.3 is 15.4 Å². The van der Waals surface area contributed by atoms with Gasteiger partial charge in [0.05, 0.1) is 22.5 Å². The molecular weight excluding hydrogens is 570 g/mol. The maximum atomic E-state index is 13.4. The zero-order chi connectivity index (χ0) is 28.1. The van der Waals surface area contributed by atoms with Crippen LogP contribution in [-0.4, -0.2) is 62.9 Å². The first-order chi connectivity index (χ1) is 19.3. The Labute approximate surface area is 244 Å². The molecule has 214 valence electrons. The molecule has 2 heterocycles. The van der Waals surface area contributed by atoms with E-state index in [1.807, 2.05) is 30.3 Å². The molecule has 40 heavy (non-hydrogen) atoms. The first-order valence-corrected chi connectivity index (χ1v) is 16.4. The SMILES string of the molecule is O=C(N[C@@H](CC1CCCCC1)C(=O)NCC1CN(S(=O)(=O)c2ccc(Cl)cc2)CCO1)c1cc2ccccc2s1. The van der Waals surface area contributed by atoms with Gasteiger partial charge in [0.2, 0.25) is 15.9 Å². The van der Waals surface area contributed by atoms with Crippen molar-refractivity contribution in [2.75, 3.05) is 26.2 Å². The lowest BCUT2D eigenvalue weighted by Gasteiger charge is -2.33. The normalized spacial score (nSPS) is 19.8. The van der Waals surface area contributed by atoms with Gasteiger partial charge in [-0.05, 0) is 54.1 Å². The van der Waals surface area contributed by atoms with Crippen molar-refractivity contribution in [3.8, 4) is 0 Å². The van der Waals surface area contributed by atoms with E-state index in [-0.39, 0.29) is 43.0 Å². The molecule has 2 aliphatic rings. The van der Waals surface area contributed by atoms with Crippen LogP contribution in [0.3, 0.4) is 0 Å². The summed E-state index contributed by atoms with van der Waals surface area (Å²) < 4.78 is 34.4. The number of rotatable bonds is 9. The van der Waals surface area contributed by atoms with Gasteiger partial charge in [-0.15, -0.1) is 11.3 Å². The van der Waals surface area contributed by atoms with Gasteiger partial charge in [-0.3, -0.25) is 9.59 Å². The molecule has 1 aliphatic heterocycles. The molecule has 2 amide bonds. The van der Waals surface area contributed by atoms with Gasteiger partial charge in [-0.2, -0.15) is 4.31 Å². The van der Waals surface area contributed by atoms with Crippen molar-refractivity contribution in [1.29, 1.82) is 0 Å². The highest BCUT2D eigenvalue weighted by atomic mass is 35.5. The Morgan fingerprint density at radius 1 is 1.07 bits per heavy atom.